The SMILES string of the molecule is Cc1nc(NC(=O)n2ccnc2)sc1C#Cc1cccnc1. The Balaban J connectivity index is 1.77. The molecule has 1 N–H and O–H groups in total. The lowest BCUT2D eigenvalue weighted by Gasteiger charge is -1.99. The zero-order valence-electron chi connectivity index (χ0n) is 11.6. The van der Waals surface area contributed by atoms with E-state index in [-0.39, 0.29) is 6.03 Å². The molecule has 0 saturated heterocycles. The molecular formula is C15H11N5OS. The van der Waals surface area contributed by atoms with E-state index in [1.54, 1.807) is 18.6 Å². The summed E-state index contributed by atoms with van der Waals surface area (Å²) in [6, 6.07) is 3.41. The first-order valence-electron chi connectivity index (χ1n) is 6.41. The number of rotatable bonds is 1. The molecule has 108 valence electrons. The lowest BCUT2D eigenvalue weighted by atomic mass is 10.3. The summed E-state index contributed by atoms with van der Waals surface area (Å²) in [7, 11) is 0. The second-order valence-corrected chi connectivity index (χ2v) is 5.32. The summed E-state index contributed by atoms with van der Waals surface area (Å²) in [6.07, 6.45) is 7.94. The lowest BCUT2D eigenvalue weighted by Crippen LogP contribution is -2.17. The fourth-order valence-electron chi connectivity index (χ4n) is 1.67. The Labute approximate surface area is 130 Å². The van der Waals surface area contributed by atoms with Gasteiger partial charge in [0.05, 0.1) is 5.69 Å². The molecule has 1 amide bonds. The Bertz CT molecular complexity index is 843. The van der Waals surface area contributed by atoms with Gasteiger partial charge in [-0.05, 0) is 25.0 Å². The first kappa shape index (κ1) is 14.0. The minimum atomic E-state index is -0.307. The number of carbonyl (C=O) groups is 1. The van der Waals surface area contributed by atoms with Crippen molar-refractivity contribution in [3.8, 4) is 11.8 Å². The largest absolute Gasteiger partial charge is 0.333 e. The Morgan fingerprint density at radius 3 is 2.95 bits per heavy atom. The van der Waals surface area contributed by atoms with Gasteiger partial charge in [0.2, 0.25) is 0 Å². The van der Waals surface area contributed by atoms with Crippen molar-refractivity contribution >= 4 is 22.5 Å². The molecule has 0 aliphatic heterocycles. The number of pyridine rings is 1. The van der Waals surface area contributed by atoms with Gasteiger partial charge >= 0.3 is 6.03 Å². The van der Waals surface area contributed by atoms with E-state index in [9.17, 15) is 4.79 Å². The summed E-state index contributed by atoms with van der Waals surface area (Å²) in [5, 5.41) is 3.22. The van der Waals surface area contributed by atoms with Crippen molar-refractivity contribution in [1.82, 2.24) is 19.5 Å². The van der Waals surface area contributed by atoms with Crippen molar-refractivity contribution in [3.63, 3.8) is 0 Å². The van der Waals surface area contributed by atoms with Crippen LogP contribution in [-0.4, -0.2) is 25.6 Å². The quantitative estimate of drug-likeness (QED) is 0.701. The molecule has 0 aromatic carbocycles. The molecule has 0 unspecified atom stereocenters. The Morgan fingerprint density at radius 2 is 2.23 bits per heavy atom. The van der Waals surface area contributed by atoms with E-state index >= 15 is 0 Å². The number of aromatic nitrogens is 4. The molecule has 3 rings (SSSR count). The smallest absolute Gasteiger partial charge is 0.283 e. The van der Waals surface area contributed by atoms with Crippen molar-refractivity contribution in [2.24, 2.45) is 0 Å². The average molecular weight is 309 g/mol. The summed E-state index contributed by atoms with van der Waals surface area (Å²) >= 11 is 1.33. The van der Waals surface area contributed by atoms with E-state index in [0.717, 1.165) is 16.1 Å². The zero-order valence-corrected chi connectivity index (χ0v) is 12.5. The predicted molar refractivity (Wildman–Crippen MR) is 83.7 cm³/mol. The molecule has 0 radical (unpaired) electrons. The lowest BCUT2D eigenvalue weighted by molar-refractivity contribution is 0.253. The summed E-state index contributed by atoms with van der Waals surface area (Å²) in [4.78, 5) is 24.9. The van der Waals surface area contributed by atoms with Crippen molar-refractivity contribution in [2.45, 2.75) is 6.92 Å². The molecule has 0 saturated carbocycles. The van der Waals surface area contributed by atoms with Crippen LogP contribution >= 0.6 is 11.3 Å². The second kappa shape index (κ2) is 6.20. The molecule has 0 bridgehead atoms. The second-order valence-electron chi connectivity index (χ2n) is 4.33. The summed E-state index contributed by atoms with van der Waals surface area (Å²) in [6.45, 7) is 1.86. The van der Waals surface area contributed by atoms with Crippen LogP contribution in [0.15, 0.2) is 43.2 Å². The Morgan fingerprint density at radius 1 is 1.32 bits per heavy atom. The highest BCUT2D eigenvalue weighted by atomic mass is 32.1. The molecule has 0 spiro atoms. The molecule has 6 nitrogen and oxygen atoms in total. The standard InChI is InChI=1S/C15H11N5OS/c1-11-13(5-4-12-3-2-6-16-9-12)22-14(18-11)19-15(21)20-8-7-17-10-20/h2-3,6-10H,1H3,(H,18,19,21). The van der Waals surface area contributed by atoms with E-state index in [4.69, 9.17) is 0 Å². The summed E-state index contributed by atoms with van der Waals surface area (Å²) in [5.41, 5.74) is 1.61. The molecule has 0 fully saturated rings. The van der Waals surface area contributed by atoms with E-state index in [0.29, 0.717) is 5.13 Å². The van der Waals surface area contributed by atoms with Crippen LogP contribution in [0.5, 0.6) is 0 Å². The highest BCUT2D eigenvalue weighted by Crippen LogP contribution is 2.21. The number of nitrogens with zero attached hydrogens (tertiary/aromatic N) is 4. The first-order chi connectivity index (χ1) is 10.7. The third-order valence-corrected chi connectivity index (χ3v) is 3.72. The minimum Gasteiger partial charge on any atom is -0.283 e. The maximum atomic E-state index is 11.9. The molecule has 7 heteroatoms. The number of amides is 1. The van der Waals surface area contributed by atoms with Crippen molar-refractivity contribution in [2.75, 3.05) is 5.32 Å². The van der Waals surface area contributed by atoms with Crippen LogP contribution in [0.25, 0.3) is 0 Å². The average Bonchev–Trinajstić information content (AvgIpc) is 3.16. The molecule has 3 aromatic heterocycles. The molecule has 0 aliphatic carbocycles. The van der Waals surface area contributed by atoms with Crippen LogP contribution < -0.4 is 5.32 Å². The summed E-state index contributed by atoms with van der Waals surface area (Å²) in [5.74, 6) is 6.08. The van der Waals surface area contributed by atoms with Gasteiger partial charge in [0.25, 0.3) is 0 Å². The first-order valence-corrected chi connectivity index (χ1v) is 7.23. The number of hydrogen-bond donors (Lipinski definition) is 1. The molecule has 22 heavy (non-hydrogen) atoms. The number of anilines is 1. The number of imidazole rings is 1. The fraction of sp³-hybridized carbons (Fsp3) is 0.0667. The number of nitrogens with one attached hydrogen (secondary N) is 1. The van der Waals surface area contributed by atoms with Gasteiger partial charge in [-0.15, -0.1) is 0 Å². The van der Waals surface area contributed by atoms with Crippen LogP contribution in [-0.2, 0) is 0 Å². The minimum absolute atomic E-state index is 0.307. The van der Waals surface area contributed by atoms with E-state index in [1.165, 1.54) is 28.4 Å². The van der Waals surface area contributed by atoms with Gasteiger partial charge in [0, 0.05) is 30.4 Å². The molecule has 0 atom stereocenters. The number of aryl methyl sites for hydroxylation is 1. The van der Waals surface area contributed by atoms with Crippen LogP contribution in [0.1, 0.15) is 16.1 Å². The monoisotopic (exact) mass is 309 g/mol. The number of hydrogen-bond acceptors (Lipinski definition) is 5. The molecular weight excluding hydrogens is 298 g/mol. The van der Waals surface area contributed by atoms with Crippen molar-refractivity contribution in [1.29, 1.82) is 0 Å². The maximum absolute atomic E-state index is 11.9. The van der Waals surface area contributed by atoms with Gasteiger partial charge in [0.15, 0.2) is 5.13 Å². The van der Waals surface area contributed by atoms with E-state index in [2.05, 4.69) is 32.1 Å². The number of thiazole rings is 1. The van der Waals surface area contributed by atoms with Gasteiger partial charge in [-0.25, -0.2) is 14.8 Å². The topological polar surface area (TPSA) is 72.7 Å². The van der Waals surface area contributed by atoms with Crippen LogP contribution in [0.3, 0.4) is 0 Å². The van der Waals surface area contributed by atoms with Gasteiger partial charge < -0.3 is 0 Å². The van der Waals surface area contributed by atoms with Crippen LogP contribution in [0.2, 0.25) is 0 Å². The fourth-order valence-corrected chi connectivity index (χ4v) is 2.48. The number of carbonyl (C=O) groups excluding carboxylic acids is 1. The van der Waals surface area contributed by atoms with Crippen LogP contribution in [0.4, 0.5) is 9.93 Å². The maximum Gasteiger partial charge on any atom is 0.333 e. The molecule has 3 heterocycles. The Kier molecular flexibility index (Phi) is 3.94. The Hall–Kier alpha value is -2.98. The van der Waals surface area contributed by atoms with Gasteiger partial charge in [-0.2, -0.15) is 0 Å². The highest BCUT2D eigenvalue weighted by Gasteiger charge is 2.10. The zero-order chi connectivity index (χ0) is 15.4. The van der Waals surface area contributed by atoms with E-state index in [1.807, 2.05) is 19.1 Å². The van der Waals surface area contributed by atoms with Gasteiger partial charge in [0.1, 0.15) is 11.2 Å². The molecule has 0 aliphatic rings. The molecule has 3 aromatic rings. The normalized spacial score (nSPS) is 9.86. The van der Waals surface area contributed by atoms with E-state index < -0.39 is 0 Å². The van der Waals surface area contributed by atoms with Crippen molar-refractivity contribution < 1.29 is 4.79 Å². The van der Waals surface area contributed by atoms with Gasteiger partial charge in [-0.1, -0.05) is 17.3 Å². The third kappa shape index (κ3) is 3.19. The highest BCUT2D eigenvalue weighted by molar-refractivity contribution is 7.16. The van der Waals surface area contributed by atoms with Crippen LogP contribution in [0, 0.1) is 18.8 Å². The predicted octanol–water partition coefficient (Wildman–Crippen LogP) is 2.52. The third-order valence-electron chi connectivity index (χ3n) is 2.73. The summed E-state index contributed by atoms with van der Waals surface area (Å²) < 4.78 is 1.34. The van der Waals surface area contributed by atoms with Crippen molar-refractivity contribution in [3.05, 3.63) is 59.4 Å². The van der Waals surface area contributed by atoms with Gasteiger partial charge in [-0.3, -0.25) is 14.9 Å².